The molecule has 2 saturated heterocycles. The third-order valence-corrected chi connectivity index (χ3v) is 4.23. The molecule has 2 fully saturated rings. The average Bonchev–Trinajstić information content (AvgIpc) is 2.68. The normalized spacial score (nSPS) is 25.1. The highest BCUT2D eigenvalue weighted by atomic mass is 16.5. The molecule has 0 bridgehead atoms. The van der Waals surface area contributed by atoms with Crippen LogP contribution in [0.5, 0.6) is 5.75 Å². The van der Waals surface area contributed by atoms with Gasteiger partial charge in [-0.05, 0) is 43.2 Å². The molecule has 0 N–H and O–H groups in total. The summed E-state index contributed by atoms with van der Waals surface area (Å²) in [6.45, 7) is 2.26. The number of nitrogens with zero attached hydrogens (tertiary/aromatic N) is 1. The van der Waals surface area contributed by atoms with E-state index in [1.54, 1.807) is 7.11 Å². The molecule has 21 heavy (non-hydrogen) atoms. The minimum Gasteiger partial charge on any atom is -0.497 e. The van der Waals surface area contributed by atoms with E-state index in [-0.39, 0.29) is 5.97 Å². The van der Waals surface area contributed by atoms with E-state index in [2.05, 4.69) is 4.90 Å². The third kappa shape index (κ3) is 3.27. The lowest BCUT2D eigenvalue weighted by atomic mass is 10.0. The zero-order valence-electron chi connectivity index (χ0n) is 12.4. The number of rotatable bonds is 2. The Labute approximate surface area is 125 Å². The van der Waals surface area contributed by atoms with Crippen molar-refractivity contribution < 1.29 is 14.3 Å². The van der Waals surface area contributed by atoms with Gasteiger partial charge in [-0.1, -0.05) is 18.6 Å². The van der Waals surface area contributed by atoms with Gasteiger partial charge >= 0.3 is 5.97 Å². The van der Waals surface area contributed by atoms with Gasteiger partial charge in [0.15, 0.2) is 0 Å². The van der Waals surface area contributed by atoms with Crippen molar-refractivity contribution in [3.8, 4) is 5.75 Å². The standard InChI is InChI=1S/C17H21NO3/c1-20-16-7-4-5-13(10-16)9-14-11-18-8-3-2-6-15(18)12-21-17(14)19/h4-5,7,9-10,15H,2-3,6,8,11-12H2,1H3/b14-9+. The second-order valence-electron chi connectivity index (χ2n) is 5.66. The van der Waals surface area contributed by atoms with Gasteiger partial charge < -0.3 is 9.47 Å². The number of hydrogen-bond acceptors (Lipinski definition) is 4. The van der Waals surface area contributed by atoms with Gasteiger partial charge in [0.1, 0.15) is 12.4 Å². The van der Waals surface area contributed by atoms with E-state index in [1.165, 1.54) is 12.8 Å². The van der Waals surface area contributed by atoms with Crippen LogP contribution in [-0.4, -0.2) is 43.7 Å². The number of methoxy groups -OCH3 is 1. The molecular weight excluding hydrogens is 266 g/mol. The number of ether oxygens (including phenoxy) is 2. The summed E-state index contributed by atoms with van der Waals surface area (Å²) in [4.78, 5) is 14.5. The van der Waals surface area contributed by atoms with Crippen molar-refractivity contribution in [2.24, 2.45) is 0 Å². The molecule has 0 aromatic heterocycles. The molecule has 4 nitrogen and oxygen atoms in total. The molecular formula is C17H21NO3. The molecule has 1 unspecified atom stereocenters. The smallest absolute Gasteiger partial charge is 0.335 e. The predicted octanol–water partition coefficient (Wildman–Crippen LogP) is 2.49. The molecule has 4 heteroatoms. The van der Waals surface area contributed by atoms with Crippen LogP contribution in [0.4, 0.5) is 0 Å². The number of esters is 1. The zero-order chi connectivity index (χ0) is 14.7. The molecule has 1 aromatic rings. The Morgan fingerprint density at radius 1 is 1.38 bits per heavy atom. The SMILES string of the molecule is COc1cccc(/C=C2\CN3CCCCC3COC2=O)c1. The van der Waals surface area contributed by atoms with Gasteiger partial charge in [0, 0.05) is 12.6 Å². The van der Waals surface area contributed by atoms with E-state index in [0.717, 1.165) is 29.9 Å². The minimum atomic E-state index is -0.188. The Morgan fingerprint density at radius 2 is 2.29 bits per heavy atom. The van der Waals surface area contributed by atoms with Crippen LogP contribution >= 0.6 is 0 Å². The fourth-order valence-electron chi connectivity index (χ4n) is 3.04. The summed E-state index contributed by atoms with van der Waals surface area (Å²) in [5.74, 6) is 0.606. The Morgan fingerprint density at radius 3 is 3.14 bits per heavy atom. The van der Waals surface area contributed by atoms with Gasteiger partial charge in [-0.2, -0.15) is 0 Å². The van der Waals surface area contributed by atoms with Crippen LogP contribution in [0.3, 0.4) is 0 Å². The highest BCUT2D eigenvalue weighted by Crippen LogP contribution is 2.24. The third-order valence-electron chi connectivity index (χ3n) is 4.23. The van der Waals surface area contributed by atoms with Crippen LogP contribution in [0.25, 0.3) is 6.08 Å². The maximum atomic E-state index is 12.2. The maximum Gasteiger partial charge on any atom is 0.335 e. The van der Waals surface area contributed by atoms with Crippen molar-refractivity contribution >= 4 is 12.0 Å². The van der Waals surface area contributed by atoms with Gasteiger partial charge in [0.2, 0.25) is 0 Å². The van der Waals surface area contributed by atoms with Crippen molar-refractivity contribution in [3.05, 3.63) is 35.4 Å². The van der Waals surface area contributed by atoms with E-state index in [1.807, 2.05) is 30.3 Å². The number of carbonyl (C=O) groups is 1. The fraction of sp³-hybridized carbons (Fsp3) is 0.471. The summed E-state index contributed by atoms with van der Waals surface area (Å²) < 4.78 is 10.7. The highest BCUT2D eigenvalue weighted by molar-refractivity contribution is 5.94. The van der Waals surface area contributed by atoms with Crippen molar-refractivity contribution in [3.63, 3.8) is 0 Å². The van der Waals surface area contributed by atoms with Gasteiger partial charge in [-0.15, -0.1) is 0 Å². The van der Waals surface area contributed by atoms with Crippen molar-refractivity contribution in [1.82, 2.24) is 4.90 Å². The van der Waals surface area contributed by atoms with E-state index < -0.39 is 0 Å². The van der Waals surface area contributed by atoms with Crippen molar-refractivity contribution in [2.45, 2.75) is 25.3 Å². The summed E-state index contributed by atoms with van der Waals surface area (Å²) >= 11 is 0. The van der Waals surface area contributed by atoms with E-state index >= 15 is 0 Å². The fourth-order valence-corrected chi connectivity index (χ4v) is 3.04. The monoisotopic (exact) mass is 287 g/mol. The Hall–Kier alpha value is -1.81. The van der Waals surface area contributed by atoms with Gasteiger partial charge in [-0.25, -0.2) is 4.79 Å². The maximum absolute atomic E-state index is 12.2. The molecule has 0 saturated carbocycles. The summed E-state index contributed by atoms with van der Waals surface area (Å²) in [7, 11) is 1.64. The Kier molecular flexibility index (Phi) is 4.25. The molecule has 1 atom stereocenters. The number of fused-ring (bicyclic) bond motifs is 1. The lowest BCUT2D eigenvalue weighted by Gasteiger charge is -2.32. The quantitative estimate of drug-likeness (QED) is 0.619. The first kappa shape index (κ1) is 14.1. The first-order chi connectivity index (χ1) is 10.3. The summed E-state index contributed by atoms with van der Waals surface area (Å²) in [5.41, 5.74) is 1.70. The number of benzene rings is 1. The molecule has 2 heterocycles. The largest absolute Gasteiger partial charge is 0.497 e. The Bertz CT molecular complexity index is 553. The first-order valence-corrected chi connectivity index (χ1v) is 7.52. The predicted molar refractivity (Wildman–Crippen MR) is 81.1 cm³/mol. The molecule has 0 radical (unpaired) electrons. The average molecular weight is 287 g/mol. The summed E-state index contributed by atoms with van der Waals surface area (Å²) in [5, 5.41) is 0. The Balaban J connectivity index is 1.84. The van der Waals surface area contributed by atoms with E-state index in [9.17, 15) is 4.79 Å². The van der Waals surface area contributed by atoms with Gasteiger partial charge in [0.25, 0.3) is 0 Å². The zero-order valence-corrected chi connectivity index (χ0v) is 12.4. The second-order valence-corrected chi connectivity index (χ2v) is 5.66. The van der Waals surface area contributed by atoms with Crippen molar-refractivity contribution in [1.29, 1.82) is 0 Å². The van der Waals surface area contributed by atoms with Crippen molar-refractivity contribution in [2.75, 3.05) is 26.8 Å². The second kappa shape index (κ2) is 6.31. The molecule has 0 spiro atoms. The number of cyclic esters (lactones) is 1. The molecule has 2 aliphatic rings. The van der Waals surface area contributed by atoms with Crippen LogP contribution in [0, 0.1) is 0 Å². The molecule has 0 amide bonds. The highest BCUT2D eigenvalue weighted by Gasteiger charge is 2.29. The van der Waals surface area contributed by atoms with E-state index in [0.29, 0.717) is 19.2 Å². The molecule has 112 valence electrons. The molecule has 1 aromatic carbocycles. The number of carbonyl (C=O) groups excluding carboxylic acids is 1. The topological polar surface area (TPSA) is 38.8 Å². The molecule has 0 aliphatic carbocycles. The molecule has 2 aliphatic heterocycles. The summed E-state index contributed by atoms with van der Waals surface area (Å²) in [6, 6.07) is 8.12. The lowest BCUT2D eigenvalue weighted by Crippen LogP contribution is -2.41. The van der Waals surface area contributed by atoms with E-state index in [4.69, 9.17) is 9.47 Å². The number of piperidine rings is 1. The van der Waals surface area contributed by atoms with Crippen LogP contribution in [0.15, 0.2) is 29.8 Å². The lowest BCUT2D eigenvalue weighted by molar-refractivity contribution is -0.139. The molecule has 3 rings (SSSR count). The number of hydrogen-bond donors (Lipinski definition) is 0. The minimum absolute atomic E-state index is 0.188. The van der Waals surface area contributed by atoms with Crippen LogP contribution in [0.1, 0.15) is 24.8 Å². The first-order valence-electron chi connectivity index (χ1n) is 7.52. The van der Waals surface area contributed by atoms with Crippen LogP contribution in [0.2, 0.25) is 0 Å². The van der Waals surface area contributed by atoms with Gasteiger partial charge in [-0.3, -0.25) is 4.90 Å². The van der Waals surface area contributed by atoms with Crippen LogP contribution in [-0.2, 0) is 9.53 Å². The summed E-state index contributed by atoms with van der Waals surface area (Å²) in [6.07, 6.45) is 5.48. The van der Waals surface area contributed by atoms with Crippen LogP contribution < -0.4 is 4.74 Å². The van der Waals surface area contributed by atoms with Gasteiger partial charge in [0.05, 0.1) is 12.7 Å².